The van der Waals surface area contributed by atoms with E-state index in [4.69, 9.17) is 4.74 Å². The van der Waals surface area contributed by atoms with Crippen molar-refractivity contribution in [3.63, 3.8) is 0 Å². The smallest absolute Gasteiger partial charge is 0.274 e. The average Bonchev–Trinajstić information content (AvgIpc) is 2.48. The number of aromatic nitrogens is 2. The Hall–Kier alpha value is -2.08. The molecule has 0 saturated carbocycles. The summed E-state index contributed by atoms with van der Waals surface area (Å²) in [6, 6.07) is 9.14. The second kappa shape index (κ2) is 6.91. The number of rotatable bonds is 5. The van der Waals surface area contributed by atoms with Gasteiger partial charge in [-0.1, -0.05) is 12.1 Å². The number of para-hydroxylation sites is 1. The fourth-order valence-corrected chi connectivity index (χ4v) is 2.18. The van der Waals surface area contributed by atoms with Gasteiger partial charge < -0.3 is 10.1 Å². The molecule has 0 fully saturated rings. The van der Waals surface area contributed by atoms with Gasteiger partial charge in [0.2, 0.25) is 5.88 Å². The highest BCUT2D eigenvalue weighted by atomic mass is 32.2. The van der Waals surface area contributed by atoms with E-state index in [1.54, 1.807) is 11.8 Å². The third-order valence-corrected chi connectivity index (χ3v) is 3.32. The van der Waals surface area contributed by atoms with Crippen LogP contribution in [0.4, 0.5) is 5.69 Å². The lowest BCUT2D eigenvalue weighted by atomic mass is 10.3. The van der Waals surface area contributed by atoms with Gasteiger partial charge in [-0.2, -0.15) is 0 Å². The molecular weight excluding hydrogens is 274 g/mol. The highest BCUT2D eigenvalue weighted by molar-refractivity contribution is 7.98. The van der Waals surface area contributed by atoms with Crippen molar-refractivity contribution < 1.29 is 9.53 Å². The van der Waals surface area contributed by atoms with Crippen LogP contribution < -0.4 is 10.1 Å². The van der Waals surface area contributed by atoms with Gasteiger partial charge in [-0.3, -0.25) is 4.79 Å². The van der Waals surface area contributed by atoms with E-state index < -0.39 is 0 Å². The summed E-state index contributed by atoms with van der Waals surface area (Å²) in [6.07, 6.45) is 3.28. The van der Waals surface area contributed by atoms with E-state index in [1.807, 2.05) is 37.4 Å². The fourth-order valence-electron chi connectivity index (χ4n) is 1.62. The maximum Gasteiger partial charge on any atom is 0.274 e. The molecule has 0 atom stereocenters. The van der Waals surface area contributed by atoms with Crippen molar-refractivity contribution in [2.75, 3.05) is 18.2 Å². The number of ether oxygens (including phenoxy) is 1. The molecular formula is C14H15N3O2S. The summed E-state index contributed by atoms with van der Waals surface area (Å²) < 4.78 is 5.26. The van der Waals surface area contributed by atoms with Crippen LogP contribution >= 0.6 is 11.8 Å². The molecule has 2 rings (SSSR count). The predicted molar refractivity (Wildman–Crippen MR) is 79.4 cm³/mol. The molecule has 0 radical (unpaired) electrons. The first kappa shape index (κ1) is 14.3. The molecule has 0 saturated heterocycles. The number of thioether (sulfide) groups is 1. The predicted octanol–water partition coefficient (Wildman–Crippen LogP) is 2.85. The quantitative estimate of drug-likeness (QED) is 0.857. The molecule has 1 N–H and O–H groups in total. The molecule has 0 unspecified atom stereocenters. The Labute approximate surface area is 121 Å². The van der Waals surface area contributed by atoms with E-state index in [0.29, 0.717) is 12.5 Å². The number of carbonyl (C=O) groups is 1. The van der Waals surface area contributed by atoms with E-state index in [2.05, 4.69) is 15.3 Å². The fraction of sp³-hybridized carbons (Fsp3) is 0.214. The normalized spacial score (nSPS) is 10.1. The second-order valence-electron chi connectivity index (χ2n) is 3.83. The van der Waals surface area contributed by atoms with Gasteiger partial charge in [0, 0.05) is 11.0 Å². The Morgan fingerprint density at radius 3 is 2.90 bits per heavy atom. The van der Waals surface area contributed by atoms with Gasteiger partial charge in [-0.15, -0.1) is 11.8 Å². The number of anilines is 1. The van der Waals surface area contributed by atoms with Gasteiger partial charge in [-0.25, -0.2) is 9.97 Å². The zero-order valence-electron chi connectivity index (χ0n) is 11.3. The zero-order chi connectivity index (χ0) is 14.4. The number of benzene rings is 1. The summed E-state index contributed by atoms with van der Waals surface area (Å²) in [5, 5.41) is 2.84. The number of carbonyl (C=O) groups excluding carboxylic acids is 1. The first-order chi connectivity index (χ1) is 9.74. The molecule has 1 heterocycles. The molecule has 1 aromatic carbocycles. The Morgan fingerprint density at radius 2 is 2.15 bits per heavy atom. The summed E-state index contributed by atoms with van der Waals surface area (Å²) in [4.78, 5) is 21.1. The summed E-state index contributed by atoms with van der Waals surface area (Å²) in [6.45, 7) is 2.35. The number of nitrogens with one attached hydrogen (secondary N) is 1. The highest BCUT2D eigenvalue weighted by Crippen LogP contribution is 2.25. The van der Waals surface area contributed by atoms with Crippen LogP contribution in [0.1, 0.15) is 17.4 Å². The van der Waals surface area contributed by atoms with Crippen molar-refractivity contribution in [1.82, 2.24) is 9.97 Å². The molecule has 0 aliphatic carbocycles. The van der Waals surface area contributed by atoms with Gasteiger partial charge in [0.05, 0.1) is 12.3 Å². The zero-order valence-corrected chi connectivity index (χ0v) is 12.1. The maximum atomic E-state index is 12.2. The van der Waals surface area contributed by atoms with Crippen LogP contribution in [0, 0.1) is 0 Å². The Morgan fingerprint density at radius 1 is 1.35 bits per heavy atom. The second-order valence-corrected chi connectivity index (χ2v) is 4.68. The van der Waals surface area contributed by atoms with Crippen LogP contribution in [0.2, 0.25) is 0 Å². The molecule has 1 amide bonds. The molecule has 5 nitrogen and oxygen atoms in total. The van der Waals surface area contributed by atoms with Crippen LogP contribution in [0.25, 0.3) is 0 Å². The third kappa shape index (κ3) is 3.48. The van der Waals surface area contributed by atoms with Crippen molar-refractivity contribution in [2.24, 2.45) is 0 Å². The van der Waals surface area contributed by atoms with E-state index in [1.165, 1.54) is 12.4 Å². The molecule has 0 aliphatic rings. The van der Waals surface area contributed by atoms with Gasteiger partial charge in [-0.05, 0) is 25.3 Å². The first-order valence-electron chi connectivity index (χ1n) is 6.13. The summed E-state index contributed by atoms with van der Waals surface area (Å²) >= 11 is 1.57. The molecule has 6 heteroatoms. The van der Waals surface area contributed by atoms with Crippen LogP contribution in [0.5, 0.6) is 5.88 Å². The molecule has 0 spiro atoms. The minimum absolute atomic E-state index is 0.277. The Balaban J connectivity index is 2.17. The van der Waals surface area contributed by atoms with Crippen molar-refractivity contribution >= 4 is 23.4 Å². The standard InChI is InChI=1S/C14H15N3O2S/c1-3-19-13-8-11(15-9-16-13)14(18)17-10-6-4-5-7-12(10)20-2/h4-9H,3H2,1-2H3,(H,17,18). The molecule has 0 bridgehead atoms. The lowest BCUT2D eigenvalue weighted by Crippen LogP contribution is -2.14. The van der Waals surface area contributed by atoms with Gasteiger partial charge in [0.25, 0.3) is 5.91 Å². The Bertz CT molecular complexity index is 604. The van der Waals surface area contributed by atoms with Crippen molar-refractivity contribution in [3.05, 3.63) is 42.4 Å². The van der Waals surface area contributed by atoms with E-state index in [-0.39, 0.29) is 11.6 Å². The summed E-state index contributed by atoms with van der Waals surface area (Å²) in [5.74, 6) is 0.112. The minimum Gasteiger partial charge on any atom is -0.478 e. The van der Waals surface area contributed by atoms with Crippen molar-refractivity contribution in [2.45, 2.75) is 11.8 Å². The molecule has 1 aromatic heterocycles. The summed E-state index contributed by atoms with van der Waals surface area (Å²) in [5.41, 5.74) is 1.04. The van der Waals surface area contributed by atoms with Gasteiger partial charge >= 0.3 is 0 Å². The lowest BCUT2D eigenvalue weighted by molar-refractivity contribution is 0.102. The summed E-state index contributed by atoms with van der Waals surface area (Å²) in [7, 11) is 0. The van der Waals surface area contributed by atoms with E-state index >= 15 is 0 Å². The SMILES string of the molecule is CCOc1cc(C(=O)Nc2ccccc2SC)ncn1. The van der Waals surface area contributed by atoms with Gasteiger partial charge in [0.1, 0.15) is 12.0 Å². The maximum absolute atomic E-state index is 12.2. The molecule has 2 aromatic rings. The van der Waals surface area contributed by atoms with Crippen LogP contribution in [0.3, 0.4) is 0 Å². The number of hydrogen-bond acceptors (Lipinski definition) is 5. The van der Waals surface area contributed by atoms with Gasteiger partial charge in [0.15, 0.2) is 0 Å². The Kier molecular flexibility index (Phi) is 4.95. The molecule has 104 valence electrons. The third-order valence-electron chi connectivity index (χ3n) is 2.52. The van der Waals surface area contributed by atoms with Crippen molar-refractivity contribution in [3.8, 4) is 5.88 Å². The topological polar surface area (TPSA) is 64.1 Å². The largest absolute Gasteiger partial charge is 0.478 e. The number of amides is 1. The lowest BCUT2D eigenvalue weighted by Gasteiger charge is -2.09. The average molecular weight is 289 g/mol. The first-order valence-corrected chi connectivity index (χ1v) is 7.36. The number of hydrogen-bond donors (Lipinski definition) is 1. The van der Waals surface area contributed by atoms with Crippen LogP contribution in [0.15, 0.2) is 41.6 Å². The number of nitrogens with zero attached hydrogens (tertiary/aromatic N) is 2. The van der Waals surface area contributed by atoms with Crippen LogP contribution in [-0.4, -0.2) is 28.7 Å². The highest BCUT2D eigenvalue weighted by Gasteiger charge is 2.11. The monoisotopic (exact) mass is 289 g/mol. The van der Waals surface area contributed by atoms with Crippen molar-refractivity contribution in [1.29, 1.82) is 0 Å². The minimum atomic E-state index is -0.283. The molecule has 20 heavy (non-hydrogen) atoms. The van der Waals surface area contributed by atoms with Crippen LogP contribution in [-0.2, 0) is 0 Å². The molecule has 0 aliphatic heterocycles. The van der Waals surface area contributed by atoms with E-state index in [9.17, 15) is 4.79 Å². The van der Waals surface area contributed by atoms with E-state index in [0.717, 1.165) is 10.6 Å².